The summed E-state index contributed by atoms with van der Waals surface area (Å²) in [6, 6.07) is 6.66. The Bertz CT molecular complexity index is 1150. The molecule has 27 heavy (non-hydrogen) atoms. The molecule has 3 heterocycles. The standard InChI is InChI=1S/C23H28N4/c1-13(2)12-26-9-8-19-17(6)24-22-21(18(7)25-27(22)23(19)26)20-15(4)10-14(3)11-16(20)5/h8-11,13H,12H2,1-7H3. The van der Waals surface area contributed by atoms with Crippen LogP contribution in [0.2, 0.25) is 0 Å². The van der Waals surface area contributed by atoms with Gasteiger partial charge in [-0.2, -0.15) is 9.61 Å². The summed E-state index contributed by atoms with van der Waals surface area (Å²) < 4.78 is 4.36. The second-order valence-corrected chi connectivity index (χ2v) is 8.27. The Morgan fingerprint density at radius 2 is 1.59 bits per heavy atom. The summed E-state index contributed by atoms with van der Waals surface area (Å²) in [7, 11) is 0. The molecule has 4 nitrogen and oxygen atoms in total. The summed E-state index contributed by atoms with van der Waals surface area (Å²) in [5.41, 5.74) is 10.5. The number of aryl methyl sites for hydroxylation is 5. The fraction of sp³-hybridized carbons (Fsp3) is 0.391. The largest absolute Gasteiger partial charge is 0.332 e. The Morgan fingerprint density at radius 1 is 0.926 bits per heavy atom. The van der Waals surface area contributed by atoms with E-state index in [1.165, 1.54) is 27.6 Å². The number of fused-ring (bicyclic) bond motifs is 3. The Morgan fingerprint density at radius 3 is 2.22 bits per heavy atom. The molecule has 0 aliphatic carbocycles. The number of rotatable bonds is 3. The summed E-state index contributed by atoms with van der Waals surface area (Å²) in [5.74, 6) is 0.571. The zero-order valence-corrected chi connectivity index (χ0v) is 17.4. The SMILES string of the molecule is Cc1cc(C)c(-c2c(C)nn3c2nc(C)c2ccn(CC(C)C)c23)c(C)c1. The van der Waals surface area contributed by atoms with Gasteiger partial charge < -0.3 is 4.57 Å². The Hall–Kier alpha value is -2.62. The third-order valence-electron chi connectivity index (χ3n) is 5.32. The molecule has 0 radical (unpaired) electrons. The quantitative estimate of drug-likeness (QED) is 0.480. The minimum Gasteiger partial charge on any atom is -0.332 e. The molecule has 4 heteroatoms. The van der Waals surface area contributed by atoms with Crippen molar-refractivity contribution in [3.63, 3.8) is 0 Å². The van der Waals surface area contributed by atoms with Crippen LogP contribution in [0.3, 0.4) is 0 Å². The maximum absolute atomic E-state index is 4.99. The van der Waals surface area contributed by atoms with Gasteiger partial charge in [-0.05, 0) is 63.3 Å². The molecular weight excluding hydrogens is 332 g/mol. The first-order valence-electron chi connectivity index (χ1n) is 9.71. The van der Waals surface area contributed by atoms with Crippen LogP contribution in [0.15, 0.2) is 24.4 Å². The predicted octanol–water partition coefficient (Wildman–Crippen LogP) is 5.55. The van der Waals surface area contributed by atoms with E-state index >= 15 is 0 Å². The van der Waals surface area contributed by atoms with Crippen LogP contribution in [0.25, 0.3) is 27.8 Å². The maximum atomic E-state index is 4.99. The van der Waals surface area contributed by atoms with Crippen molar-refractivity contribution in [1.82, 2.24) is 19.2 Å². The highest BCUT2D eigenvalue weighted by atomic mass is 15.3. The fourth-order valence-electron chi connectivity index (χ4n) is 4.38. The highest BCUT2D eigenvalue weighted by molar-refractivity contribution is 5.89. The summed E-state index contributed by atoms with van der Waals surface area (Å²) in [6.07, 6.45) is 2.16. The predicted molar refractivity (Wildman–Crippen MR) is 112 cm³/mol. The lowest BCUT2D eigenvalue weighted by Gasteiger charge is -2.12. The van der Waals surface area contributed by atoms with Crippen molar-refractivity contribution in [2.45, 2.75) is 55.0 Å². The van der Waals surface area contributed by atoms with Crippen molar-refractivity contribution in [2.24, 2.45) is 5.92 Å². The van der Waals surface area contributed by atoms with Gasteiger partial charge in [-0.3, -0.25) is 0 Å². The zero-order chi connectivity index (χ0) is 19.5. The van der Waals surface area contributed by atoms with E-state index in [1.807, 2.05) is 4.52 Å². The van der Waals surface area contributed by atoms with Gasteiger partial charge in [-0.15, -0.1) is 0 Å². The van der Waals surface area contributed by atoms with Crippen LogP contribution in [0.1, 0.15) is 41.9 Å². The molecule has 4 aromatic rings. The second-order valence-electron chi connectivity index (χ2n) is 8.27. The fourth-order valence-corrected chi connectivity index (χ4v) is 4.38. The first-order valence-corrected chi connectivity index (χ1v) is 9.71. The van der Waals surface area contributed by atoms with Crippen LogP contribution >= 0.6 is 0 Å². The Labute approximate surface area is 160 Å². The van der Waals surface area contributed by atoms with Crippen molar-refractivity contribution >= 4 is 16.7 Å². The molecule has 0 aliphatic heterocycles. The minimum absolute atomic E-state index is 0.571. The summed E-state index contributed by atoms with van der Waals surface area (Å²) >= 11 is 0. The van der Waals surface area contributed by atoms with Crippen molar-refractivity contribution in [1.29, 1.82) is 0 Å². The molecule has 1 aromatic carbocycles. The number of hydrogen-bond donors (Lipinski definition) is 0. The van der Waals surface area contributed by atoms with Crippen LogP contribution in [0.4, 0.5) is 0 Å². The normalized spacial score (nSPS) is 12.0. The molecule has 0 atom stereocenters. The molecule has 3 aromatic heterocycles. The number of hydrogen-bond acceptors (Lipinski definition) is 2. The molecule has 4 rings (SSSR count). The number of nitrogens with zero attached hydrogens (tertiary/aromatic N) is 4. The van der Waals surface area contributed by atoms with Crippen molar-refractivity contribution in [3.8, 4) is 11.1 Å². The molecular formula is C23H28N4. The molecule has 0 saturated carbocycles. The van der Waals surface area contributed by atoms with Gasteiger partial charge in [-0.25, -0.2) is 4.98 Å². The van der Waals surface area contributed by atoms with E-state index < -0.39 is 0 Å². The molecule has 0 fully saturated rings. The maximum Gasteiger partial charge on any atom is 0.165 e. The average molecular weight is 361 g/mol. The van der Waals surface area contributed by atoms with E-state index in [0.717, 1.165) is 34.8 Å². The third-order valence-corrected chi connectivity index (χ3v) is 5.32. The van der Waals surface area contributed by atoms with Crippen LogP contribution in [-0.4, -0.2) is 19.2 Å². The number of aromatic nitrogens is 4. The smallest absolute Gasteiger partial charge is 0.165 e. The van der Waals surface area contributed by atoms with Gasteiger partial charge in [0, 0.05) is 18.1 Å². The van der Waals surface area contributed by atoms with Crippen molar-refractivity contribution in [3.05, 3.63) is 52.5 Å². The Balaban J connectivity index is 2.10. The van der Waals surface area contributed by atoms with Crippen LogP contribution < -0.4 is 0 Å². The van der Waals surface area contributed by atoms with E-state index in [-0.39, 0.29) is 0 Å². The molecule has 0 aliphatic rings. The van der Waals surface area contributed by atoms with Gasteiger partial charge in [0.15, 0.2) is 5.65 Å². The lowest BCUT2D eigenvalue weighted by Crippen LogP contribution is -2.07. The average Bonchev–Trinajstić information content (AvgIpc) is 3.09. The molecule has 0 unspecified atom stereocenters. The first kappa shape index (κ1) is 17.8. The van der Waals surface area contributed by atoms with E-state index in [2.05, 4.69) is 77.4 Å². The molecule has 0 amide bonds. The lowest BCUT2D eigenvalue weighted by atomic mass is 9.94. The summed E-state index contributed by atoms with van der Waals surface area (Å²) in [4.78, 5) is 4.99. The van der Waals surface area contributed by atoms with Crippen LogP contribution in [0, 0.1) is 40.5 Å². The first-order chi connectivity index (χ1) is 12.8. The Kier molecular flexibility index (Phi) is 4.10. The highest BCUT2D eigenvalue weighted by Gasteiger charge is 2.21. The summed E-state index contributed by atoms with van der Waals surface area (Å²) in [5, 5.41) is 6.11. The van der Waals surface area contributed by atoms with Gasteiger partial charge in [-0.1, -0.05) is 31.5 Å². The third kappa shape index (κ3) is 2.75. The summed E-state index contributed by atoms with van der Waals surface area (Å²) in [6.45, 7) is 16.2. The lowest BCUT2D eigenvalue weighted by molar-refractivity contribution is 0.530. The van der Waals surface area contributed by atoms with Gasteiger partial charge in [0.1, 0.15) is 5.65 Å². The molecule has 0 bridgehead atoms. The van der Waals surface area contributed by atoms with Gasteiger partial charge in [0.25, 0.3) is 0 Å². The number of benzene rings is 1. The van der Waals surface area contributed by atoms with E-state index in [9.17, 15) is 0 Å². The topological polar surface area (TPSA) is 35.1 Å². The molecule has 0 N–H and O–H groups in total. The van der Waals surface area contributed by atoms with E-state index in [4.69, 9.17) is 10.1 Å². The monoisotopic (exact) mass is 360 g/mol. The minimum atomic E-state index is 0.571. The van der Waals surface area contributed by atoms with E-state index in [1.54, 1.807) is 0 Å². The zero-order valence-electron chi connectivity index (χ0n) is 17.4. The van der Waals surface area contributed by atoms with Gasteiger partial charge in [0.2, 0.25) is 0 Å². The highest BCUT2D eigenvalue weighted by Crippen LogP contribution is 2.35. The van der Waals surface area contributed by atoms with Crippen molar-refractivity contribution < 1.29 is 0 Å². The van der Waals surface area contributed by atoms with Crippen molar-refractivity contribution in [2.75, 3.05) is 0 Å². The van der Waals surface area contributed by atoms with E-state index in [0.29, 0.717) is 5.92 Å². The molecule has 0 spiro atoms. The molecule has 0 saturated heterocycles. The van der Waals surface area contributed by atoms with Gasteiger partial charge in [0.05, 0.1) is 17.0 Å². The second kappa shape index (κ2) is 6.22. The van der Waals surface area contributed by atoms with Gasteiger partial charge >= 0.3 is 0 Å². The van der Waals surface area contributed by atoms with Crippen LogP contribution in [-0.2, 0) is 6.54 Å². The molecule has 140 valence electrons. The van der Waals surface area contributed by atoms with Crippen LogP contribution in [0.5, 0.6) is 0 Å².